The summed E-state index contributed by atoms with van der Waals surface area (Å²) in [6, 6.07) is 8.04. The lowest BCUT2D eigenvalue weighted by Crippen LogP contribution is -2.34. The van der Waals surface area contributed by atoms with Crippen molar-refractivity contribution < 1.29 is 9.53 Å². The largest absolute Gasteiger partial charge is 0.444 e. The number of carbonyl (C=O) groups excluding carboxylic acids is 1. The molecule has 1 atom stereocenters. The van der Waals surface area contributed by atoms with Gasteiger partial charge in [0.25, 0.3) is 0 Å². The summed E-state index contributed by atoms with van der Waals surface area (Å²) in [7, 11) is 0. The van der Waals surface area contributed by atoms with Gasteiger partial charge in [0, 0.05) is 17.6 Å². The Balaban J connectivity index is 2.18. The summed E-state index contributed by atoms with van der Waals surface area (Å²) in [6.45, 7) is 9.03. The Morgan fingerprint density at radius 2 is 2.05 bits per heavy atom. The summed E-state index contributed by atoms with van der Waals surface area (Å²) in [6.07, 6.45) is 0.467. The summed E-state index contributed by atoms with van der Waals surface area (Å²) < 4.78 is 5.16. The first kappa shape index (κ1) is 17.8. The van der Waals surface area contributed by atoms with Crippen LogP contribution in [-0.4, -0.2) is 24.8 Å². The highest BCUT2D eigenvalue weighted by molar-refractivity contribution is 6.30. The molecule has 4 nitrogen and oxygen atoms in total. The lowest BCUT2D eigenvalue weighted by molar-refractivity contribution is 0.0527. The van der Waals surface area contributed by atoms with Gasteiger partial charge in [-0.3, -0.25) is 0 Å². The van der Waals surface area contributed by atoms with Crippen LogP contribution in [0.1, 0.15) is 45.7 Å². The van der Waals surface area contributed by atoms with Gasteiger partial charge < -0.3 is 15.4 Å². The molecule has 118 valence electrons. The fourth-order valence-electron chi connectivity index (χ4n) is 1.81. The molecule has 2 N–H and O–H groups in total. The summed E-state index contributed by atoms with van der Waals surface area (Å²) in [5.41, 5.74) is 0.700. The zero-order valence-electron chi connectivity index (χ0n) is 13.2. The lowest BCUT2D eigenvalue weighted by Gasteiger charge is -2.20. The SMILES string of the molecule is C[C@@H](NCCCNC(=O)OC(C)(C)C)c1cccc(Cl)c1. The van der Waals surface area contributed by atoms with Gasteiger partial charge in [-0.1, -0.05) is 23.7 Å². The molecule has 1 amide bonds. The molecule has 21 heavy (non-hydrogen) atoms. The van der Waals surface area contributed by atoms with Gasteiger partial charge in [-0.2, -0.15) is 0 Å². The number of benzene rings is 1. The van der Waals surface area contributed by atoms with Crippen LogP contribution in [-0.2, 0) is 4.74 Å². The van der Waals surface area contributed by atoms with E-state index in [-0.39, 0.29) is 12.1 Å². The fraction of sp³-hybridized carbons (Fsp3) is 0.562. The van der Waals surface area contributed by atoms with Crippen molar-refractivity contribution in [2.45, 2.75) is 45.8 Å². The van der Waals surface area contributed by atoms with Crippen LogP contribution in [0.4, 0.5) is 4.79 Å². The Kier molecular flexibility index (Phi) is 6.99. The molecule has 0 unspecified atom stereocenters. The average Bonchev–Trinajstić information content (AvgIpc) is 2.36. The second kappa shape index (κ2) is 8.25. The van der Waals surface area contributed by atoms with Crippen LogP contribution in [0, 0.1) is 0 Å². The van der Waals surface area contributed by atoms with Crippen LogP contribution < -0.4 is 10.6 Å². The van der Waals surface area contributed by atoms with Crippen LogP contribution in [0.15, 0.2) is 24.3 Å². The molecule has 0 fully saturated rings. The molecule has 0 radical (unpaired) electrons. The third kappa shape index (κ3) is 7.93. The van der Waals surface area contributed by atoms with Crippen LogP contribution in [0.3, 0.4) is 0 Å². The first-order valence-corrected chi connectivity index (χ1v) is 7.61. The first-order chi connectivity index (χ1) is 9.78. The molecule has 5 heteroatoms. The van der Waals surface area contributed by atoms with Crippen molar-refractivity contribution in [1.29, 1.82) is 0 Å². The highest BCUT2D eigenvalue weighted by Crippen LogP contribution is 2.17. The van der Waals surface area contributed by atoms with Gasteiger partial charge in [-0.15, -0.1) is 0 Å². The molecular weight excluding hydrogens is 288 g/mol. The summed E-state index contributed by atoms with van der Waals surface area (Å²) in [5.74, 6) is 0. The van der Waals surface area contributed by atoms with Gasteiger partial charge in [0.1, 0.15) is 5.60 Å². The Labute approximate surface area is 132 Å². The maximum absolute atomic E-state index is 11.4. The van der Waals surface area contributed by atoms with Gasteiger partial charge >= 0.3 is 6.09 Å². The summed E-state index contributed by atoms with van der Waals surface area (Å²) in [5, 5.41) is 6.88. The van der Waals surface area contributed by atoms with E-state index in [1.54, 1.807) is 0 Å². The highest BCUT2D eigenvalue weighted by Gasteiger charge is 2.15. The maximum Gasteiger partial charge on any atom is 0.407 e. The Morgan fingerprint density at radius 3 is 2.67 bits per heavy atom. The van der Waals surface area contributed by atoms with E-state index in [1.165, 1.54) is 0 Å². The van der Waals surface area contributed by atoms with Gasteiger partial charge in [-0.25, -0.2) is 4.79 Å². The lowest BCUT2D eigenvalue weighted by atomic mass is 10.1. The molecule has 1 aromatic rings. The smallest absolute Gasteiger partial charge is 0.407 e. The Bertz CT molecular complexity index is 458. The molecule has 1 aromatic carbocycles. The number of halogens is 1. The van der Waals surface area contributed by atoms with Crippen LogP contribution in [0.25, 0.3) is 0 Å². The Hall–Kier alpha value is -1.26. The van der Waals surface area contributed by atoms with Crippen molar-refractivity contribution in [2.75, 3.05) is 13.1 Å². The highest BCUT2D eigenvalue weighted by atomic mass is 35.5. The minimum atomic E-state index is -0.455. The van der Waals surface area contributed by atoms with Crippen LogP contribution >= 0.6 is 11.6 Å². The molecule has 0 aliphatic heterocycles. The zero-order valence-corrected chi connectivity index (χ0v) is 14.0. The van der Waals surface area contributed by atoms with Crippen molar-refractivity contribution in [2.24, 2.45) is 0 Å². The van der Waals surface area contributed by atoms with Crippen LogP contribution in [0.5, 0.6) is 0 Å². The molecule has 0 saturated carbocycles. The second-order valence-electron chi connectivity index (χ2n) is 6.01. The summed E-state index contributed by atoms with van der Waals surface area (Å²) in [4.78, 5) is 11.4. The predicted molar refractivity (Wildman–Crippen MR) is 86.7 cm³/mol. The van der Waals surface area contributed by atoms with Crippen molar-refractivity contribution in [3.05, 3.63) is 34.9 Å². The minimum Gasteiger partial charge on any atom is -0.444 e. The molecule has 0 spiro atoms. The van der Waals surface area contributed by atoms with Gasteiger partial charge in [0.05, 0.1) is 0 Å². The number of nitrogens with one attached hydrogen (secondary N) is 2. The first-order valence-electron chi connectivity index (χ1n) is 7.23. The average molecular weight is 313 g/mol. The molecule has 0 aromatic heterocycles. The second-order valence-corrected chi connectivity index (χ2v) is 6.45. The van der Waals surface area contributed by atoms with Crippen molar-refractivity contribution in [3.63, 3.8) is 0 Å². The van der Waals surface area contributed by atoms with E-state index in [1.807, 2.05) is 45.0 Å². The maximum atomic E-state index is 11.4. The standard InChI is InChI=1S/C16H25ClN2O2/c1-12(13-7-5-8-14(17)11-13)18-9-6-10-19-15(20)21-16(2,3)4/h5,7-8,11-12,18H,6,9-10H2,1-4H3,(H,19,20)/t12-/m1/s1. The monoisotopic (exact) mass is 312 g/mol. The Morgan fingerprint density at radius 1 is 1.33 bits per heavy atom. The third-order valence-corrected chi connectivity index (χ3v) is 3.06. The fourth-order valence-corrected chi connectivity index (χ4v) is 2.00. The third-order valence-electron chi connectivity index (χ3n) is 2.82. The molecule has 0 saturated heterocycles. The van der Waals surface area contributed by atoms with E-state index in [9.17, 15) is 4.79 Å². The number of hydrogen-bond donors (Lipinski definition) is 2. The van der Waals surface area contributed by atoms with Crippen molar-refractivity contribution in [3.8, 4) is 0 Å². The quantitative estimate of drug-likeness (QED) is 0.783. The van der Waals surface area contributed by atoms with E-state index in [0.717, 1.165) is 23.6 Å². The number of amides is 1. The van der Waals surface area contributed by atoms with Crippen molar-refractivity contribution >= 4 is 17.7 Å². The summed E-state index contributed by atoms with van der Waals surface area (Å²) >= 11 is 5.97. The van der Waals surface area contributed by atoms with E-state index in [2.05, 4.69) is 17.6 Å². The zero-order chi connectivity index (χ0) is 15.9. The number of hydrogen-bond acceptors (Lipinski definition) is 3. The minimum absolute atomic E-state index is 0.227. The number of rotatable bonds is 6. The van der Waals surface area contributed by atoms with Crippen molar-refractivity contribution in [1.82, 2.24) is 10.6 Å². The predicted octanol–water partition coefficient (Wildman–Crippen LogP) is 3.91. The number of carbonyl (C=O) groups is 1. The van der Waals surface area contributed by atoms with E-state index in [4.69, 9.17) is 16.3 Å². The number of ether oxygens (including phenoxy) is 1. The van der Waals surface area contributed by atoms with Gasteiger partial charge in [-0.05, 0) is 58.4 Å². The molecule has 0 aliphatic rings. The van der Waals surface area contributed by atoms with E-state index < -0.39 is 5.60 Å². The molecule has 0 bridgehead atoms. The molecule has 0 heterocycles. The van der Waals surface area contributed by atoms with E-state index >= 15 is 0 Å². The molecule has 1 rings (SSSR count). The van der Waals surface area contributed by atoms with Crippen LogP contribution in [0.2, 0.25) is 5.02 Å². The molecular formula is C16H25ClN2O2. The normalized spacial score (nSPS) is 12.8. The number of alkyl carbamates (subject to hydrolysis) is 1. The van der Waals surface area contributed by atoms with Gasteiger partial charge in [0.15, 0.2) is 0 Å². The van der Waals surface area contributed by atoms with Gasteiger partial charge in [0.2, 0.25) is 0 Å². The topological polar surface area (TPSA) is 50.4 Å². The molecule has 0 aliphatic carbocycles. The van der Waals surface area contributed by atoms with E-state index in [0.29, 0.717) is 6.54 Å².